The normalized spacial score (nSPS) is 36.5. The molecular formula is C11H20N2OS. The monoisotopic (exact) mass is 228 g/mol. The van der Waals surface area contributed by atoms with Crippen molar-refractivity contribution in [2.45, 2.75) is 44.7 Å². The lowest BCUT2D eigenvalue weighted by Crippen LogP contribution is -2.47. The molecule has 0 bridgehead atoms. The largest absolute Gasteiger partial charge is 0.352 e. The second-order valence-corrected chi connectivity index (χ2v) is 5.78. The number of hydrogen-bond donors (Lipinski definition) is 2. The van der Waals surface area contributed by atoms with Gasteiger partial charge in [-0.2, -0.15) is 0 Å². The summed E-state index contributed by atoms with van der Waals surface area (Å²) in [4.78, 5) is 11.8. The first-order valence-corrected chi connectivity index (χ1v) is 7.02. The highest BCUT2D eigenvalue weighted by Crippen LogP contribution is 2.23. The van der Waals surface area contributed by atoms with Crippen LogP contribution in [0.15, 0.2) is 0 Å². The topological polar surface area (TPSA) is 41.1 Å². The Labute approximate surface area is 95.8 Å². The molecule has 0 aromatic carbocycles. The van der Waals surface area contributed by atoms with Crippen LogP contribution in [0.5, 0.6) is 0 Å². The summed E-state index contributed by atoms with van der Waals surface area (Å²) in [5, 5.41) is 6.38. The van der Waals surface area contributed by atoms with Crippen LogP contribution >= 0.6 is 11.8 Å². The van der Waals surface area contributed by atoms with Crippen LogP contribution in [0.3, 0.4) is 0 Å². The summed E-state index contributed by atoms with van der Waals surface area (Å²) in [6, 6.07) is 0.473. The Morgan fingerprint density at radius 1 is 1.47 bits per heavy atom. The van der Waals surface area contributed by atoms with Gasteiger partial charge in [0.1, 0.15) is 0 Å². The fourth-order valence-electron chi connectivity index (χ4n) is 2.43. The molecule has 86 valence electrons. The van der Waals surface area contributed by atoms with Crippen LogP contribution in [0, 0.1) is 5.92 Å². The molecule has 0 spiro atoms. The lowest BCUT2D eigenvalue weighted by molar-refractivity contribution is -0.123. The van der Waals surface area contributed by atoms with Gasteiger partial charge in [-0.3, -0.25) is 10.1 Å². The second-order valence-electron chi connectivity index (χ2n) is 4.75. The Balaban J connectivity index is 1.77. The average molecular weight is 228 g/mol. The number of carbonyl (C=O) groups excluding carboxylic acids is 1. The lowest BCUT2D eigenvalue weighted by atomic mass is 9.87. The van der Waals surface area contributed by atoms with Crippen molar-refractivity contribution >= 4 is 17.7 Å². The van der Waals surface area contributed by atoms with Crippen LogP contribution in [0.4, 0.5) is 0 Å². The maximum absolute atomic E-state index is 11.8. The summed E-state index contributed by atoms with van der Waals surface area (Å²) in [7, 11) is 0. The molecule has 1 heterocycles. The highest BCUT2D eigenvalue weighted by atomic mass is 32.2. The van der Waals surface area contributed by atoms with Gasteiger partial charge in [0.2, 0.25) is 5.91 Å². The highest BCUT2D eigenvalue weighted by Gasteiger charge is 2.26. The van der Waals surface area contributed by atoms with Crippen LogP contribution in [0.1, 0.15) is 32.6 Å². The lowest BCUT2D eigenvalue weighted by Gasteiger charge is -2.28. The Morgan fingerprint density at radius 3 is 3.00 bits per heavy atom. The standard InChI is InChI=1S/C11H20N2OS/c1-8-3-2-4-9(5-8)13-11(14)10-6-15-7-12-10/h8-10,12H,2-7H2,1H3,(H,13,14)/t8?,9?,10-/m1/s1. The van der Waals surface area contributed by atoms with Crippen LogP contribution < -0.4 is 10.6 Å². The van der Waals surface area contributed by atoms with Gasteiger partial charge < -0.3 is 5.32 Å². The summed E-state index contributed by atoms with van der Waals surface area (Å²) >= 11 is 1.80. The van der Waals surface area contributed by atoms with E-state index in [1.54, 1.807) is 11.8 Å². The van der Waals surface area contributed by atoms with Crippen molar-refractivity contribution in [1.29, 1.82) is 0 Å². The van der Waals surface area contributed by atoms with Gasteiger partial charge >= 0.3 is 0 Å². The van der Waals surface area contributed by atoms with Gasteiger partial charge in [0.25, 0.3) is 0 Å². The first kappa shape index (κ1) is 11.3. The van der Waals surface area contributed by atoms with E-state index in [0.29, 0.717) is 6.04 Å². The molecule has 2 unspecified atom stereocenters. The predicted octanol–water partition coefficient (Wildman–Crippen LogP) is 1.34. The molecule has 4 heteroatoms. The molecule has 1 amide bonds. The van der Waals surface area contributed by atoms with Crippen molar-refractivity contribution in [2.75, 3.05) is 11.6 Å². The van der Waals surface area contributed by atoms with E-state index in [1.165, 1.54) is 12.8 Å². The van der Waals surface area contributed by atoms with Gasteiger partial charge in [0.15, 0.2) is 0 Å². The first-order valence-electron chi connectivity index (χ1n) is 5.87. The van der Waals surface area contributed by atoms with Crippen molar-refractivity contribution in [3.8, 4) is 0 Å². The third-order valence-electron chi connectivity index (χ3n) is 3.32. The first-order chi connectivity index (χ1) is 7.25. The van der Waals surface area contributed by atoms with Gasteiger partial charge in [-0.05, 0) is 18.8 Å². The Kier molecular flexibility index (Phi) is 3.92. The SMILES string of the molecule is CC1CCCC(NC(=O)[C@H]2CSCN2)C1. The summed E-state index contributed by atoms with van der Waals surface area (Å²) in [6.45, 7) is 2.28. The number of rotatable bonds is 2. The minimum absolute atomic E-state index is 0.0484. The predicted molar refractivity (Wildman–Crippen MR) is 63.8 cm³/mol. The van der Waals surface area contributed by atoms with Crippen molar-refractivity contribution in [3.63, 3.8) is 0 Å². The molecule has 3 nitrogen and oxygen atoms in total. The number of carbonyl (C=O) groups is 1. The summed E-state index contributed by atoms with van der Waals surface area (Å²) in [5.74, 6) is 2.82. The van der Waals surface area contributed by atoms with E-state index >= 15 is 0 Å². The van der Waals surface area contributed by atoms with E-state index < -0.39 is 0 Å². The molecule has 1 aliphatic carbocycles. The van der Waals surface area contributed by atoms with E-state index in [1.807, 2.05) is 0 Å². The summed E-state index contributed by atoms with van der Waals surface area (Å²) < 4.78 is 0. The third kappa shape index (κ3) is 3.11. The quantitative estimate of drug-likeness (QED) is 0.749. The molecule has 1 aliphatic heterocycles. The van der Waals surface area contributed by atoms with E-state index in [2.05, 4.69) is 17.6 Å². The van der Waals surface area contributed by atoms with E-state index in [0.717, 1.165) is 30.4 Å². The number of thioether (sulfide) groups is 1. The Hall–Kier alpha value is -0.220. The van der Waals surface area contributed by atoms with Gasteiger partial charge in [0, 0.05) is 17.7 Å². The van der Waals surface area contributed by atoms with Gasteiger partial charge in [-0.25, -0.2) is 0 Å². The van der Waals surface area contributed by atoms with Crippen LogP contribution in [0.2, 0.25) is 0 Å². The zero-order chi connectivity index (χ0) is 10.7. The van der Waals surface area contributed by atoms with E-state index in [4.69, 9.17) is 0 Å². The molecule has 2 rings (SSSR count). The van der Waals surface area contributed by atoms with Crippen LogP contribution in [-0.4, -0.2) is 29.6 Å². The zero-order valence-corrected chi connectivity index (χ0v) is 10.1. The maximum Gasteiger partial charge on any atom is 0.238 e. The van der Waals surface area contributed by atoms with Crippen molar-refractivity contribution in [2.24, 2.45) is 5.92 Å². The highest BCUT2D eigenvalue weighted by molar-refractivity contribution is 7.99. The Morgan fingerprint density at radius 2 is 2.33 bits per heavy atom. The molecule has 1 saturated heterocycles. The molecule has 2 N–H and O–H groups in total. The minimum Gasteiger partial charge on any atom is -0.352 e. The molecular weight excluding hydrogens is 208 g/mol. The molecule has 15 heavy (non-hydrogen) atoms. The maximum atomic E-state index is 11.8. The average Bonchev–Trinajstić information content (AvgIpc) is 2.70. The van der Waals surface area contributed by atoms with Gasteiger partial charge in [-0.1, -0.05) is 19.8 Å². The Bertz CT molecular complexity index is 229. The van der Waals surface area contributed by atoms with Crippen molar-refractivity contribution < 1.29 is 4.79 Å². The van der Waals surface area contributed by atoms with Crippen molar-refractivity contribution in [3.05, 3.63) is 0 Å². The molecule has 1 saturated carbocycles. The molecule has 0 radical (unpaired) electrons. The zero-order valence-electron chi connectivity index (χ0n) is 9.29. The number of hydrogen-bond acceptors (Lipinski definition) is 3. The molecule has 0 aromatic rings. The van der Waals surface area contributed by atoms with Gasteiger partial charge in [0.05, 0.1) is 6.04 Å². The van der Waals surface area contributed by atoms with Gasteiger partial charge in [-0.15, -0.1) is 11.8 Å². The molecule has 2 fully saturated rings. The smallest absolute Gasteiger partial charge is 0.238 e. The van der Waals surface area contributed by atoms with Crippen molar-refractivity contribution in [1.82, 2.24) is 10.6 Å². The third-order valence-corrected chi connectivity index (χ3v) is 4.26. The van der Waals surface area contributed by atoms with Crippen LogP contribution in [-0.2, 0) is 4.79 Å². The molecule has 2 aliphatic rings. The second kappa shape index (κ2) is 5.21. The van der Waals surface area contributed by atoms with E-state index in [9.17, 15) is 4.79 Å². The fraction of sp³-hybridized carbons (Fsp3) is 0.909. The minimum atomic E-state index is 0.0484. The molecule has 3 atom stereocenters. The number of nitrogens with one attached hydrogen (secondary N) is 2. The number of amides is 1. The fourth-order valence-corrected chi connectivity index (χ4v) is 3.37. The summed E-state index contributed by atoms with van der Waals surface area (Å²) in [5.41, 5.74) is 0. The summed E-state index contributed by atoms with van der Waals surface area (Å²) in [6.07, 6.45) is 4.91. The van der Waals surface area contributed by atoms with E-state index in [-0.39, 0.29) is 11.9 Å². The molecule has 0 aromatic heterocycles. The van der Waals surface area contributed by atoms with Crippen LogP contribution in [0.25, 0.3) is 0 Å².